The quantitative estimate of drug-likeness (QED) is 0.0512. The van der Waals surface area contributed by atoms with E-state index in [1.165, 1.54) is 167 Å². The Kier molecular flexibility index (Phi) is 26.9. The molecule has 0 atom stereocenters. The molecule has 0 saturated heterocycles. The van der Waals surface area contributed by atoms with Crippen LogP contribution in [0.2, 0.25) is 0 Å². The first kappa shape index (κ1) is 49.2. The summed E-state index contributed by atoms with van der Waals surface area (Å²) in [5.41, 5.74) is 1.92. The fraction of sp³-hybridized carbons (Fsp3) is 0.760. The summed E-state index contributed by atoms with van der Waals surface area (Å²) in [6, 6.07) is 10.3. The molecular weight excluding hydrogens is 721 g/mol. The Morgan fingerprint density at radius 3 is 1.28 bits per heavy atom. The Balaban J connectivity index is 1.30. The van der Waals surface area contributed by atoms with Gasteiger partial charge in [0.05, 0.1) is 0 Å². The van der Waals surface area contributed by atoms with Gasteiger partial charge in [-0.2, -0.15) is 0 Å². The Labute approximate surface area is 354 Å². The van der Waals surface area contributed by atoms with Gasteiger partial charge in [-0.05, 0) is 36.8 Å². The lowest BCUT2D eigenvalue weighted by atomic mass is 9.97. The highest BCUT2D eigenvalue weighted by Gasteiger charge is 2.38. The van der Waals surface area contributed by atoms with Crippen molar-refractivity contribution < 1.29 is 19.1 Å². The maximum absolute atomic E-state index is 12.9. The molecular formula is C50H86N4O4. The highest BCUT2D eigenvalue weighted by atomic mass is 16.6. The zero-order valence-electron chi connectivity index (χ0n) is 37.6. The van der Waals surface area contributed by atoms with Crippen molar-refractivity contribution in [2.75, 3.05) is 36.9 Å². The Morgan fingerprint density at radius 1 is 0.500 bits per heavy atom. The molecule has 2 aromatic carbocycles. The molecule has 0 aromatic heterocycles. The molecule has 2 aromatic rings. The highest BCUT2D eigenvalue weighted by molar-refractivity contribution is 6.06. The van der Waals surface area contributed by atoms with E-state index in [-0.39, 0.29) is 13.2 Å². The fourth-order valence-electron chi connectivity index (χ4n) is 8.32. The monoisotopic (exact) mass is 807 g/mol. The number of anilines is 2. The molecule has 8 heteroatoms. The van der Waals surface area contributed by atoms with Gasteiger partial charge in [0.25, 0.3) is 0 Å². The van der Waals surface area contributed by atoms with Crippen LogP contribution in [0.1, 0.15) is 212 Å². The van der Waals surface area contributed by atoms with E-state index >= 15 is 0 Å². The molecule has 0 radical (unpaired) electrons. The molecule has 0 unspecified atom stereocenters. The van der Waals surface area contributed by atoms with Gasteiger partial charge in [-0.3, -0.25) is 0 Å². The van der Waals surface area contributed by atoms with E-state index < -0.39 is 17.8 Å². The van der Waals surface area contributed by atoms with Gasteiger partial charge < -0.3 is 30.7 Å². The van der Waals surface area contributed by atoms with Gasteiger partial charge in [0.15, 0.2) is 5.66 Å². The average molecular weight is 807 g/mol. The summed E-state index contributed by atoms with van der Waals surface area (Å²) in [4.78, 5) is 25.8. The van der Waals surface area contributed by atoms with Crippen molar-refractivity contribution in [1.29, 1.82) is 0 Å². The summed E-state index contributed by atoms with van der Waals surface area (Å²) in [5, 5.41) is 15.2. The summed E-state index contributed by atoms with van der Waals surface area (Å²) in [5.74, 6) is 0. The SMILES string of the molecule is CCCCCCCCCCCCCCCCCNC(=O)OCC1(COC(=O)NCCCCCCCCCCCCCCCCC)Nc2cccc3ccc(C)c(c23)N1. The van der Waals surface area contributed by atoms with Crippen LogP contribution in [0.4, 0.5) is 21.0 Å². The van der Waals surface area contributed by atoms with Crippen LogP contribution < -0.4 is 21.3 Å². The first-order valence-electron chi connectivity index (χ1n) is 24.4. The molecule has 0 fully saturated rings. The minimum absolute atomic E-state index is 0.0197. The molecule has 2 amide bonds. The predicted octanol–water partition coefficient (Wildman–Crippen LogP) is 14.9. The first-order chi connectivity index (χ1) is 28.5. The summed E-state index contributed by atoms with van der Waals surface area (Å²) < 4.78 is 11.6. The lowest BCUT2D eigenvalue weighted by Gasteiger charge is -2.40. The molecule has 3 rings (SSSR count). The van der Waals surface area contributed by atoms with Crippen LogP contribution >= 0.6 is 0 Å². The number of nitrogens with one attached hydrogen (secondary N) is 4. The average Bonchev–Trinajstić information content (AvgIpc) is 3.23. The van der Waals surface area contributed by atoms with Gasteiger partial charge in [-0.1, -0.05) is 218 Å². The van der Waals surface area contributed by atoms with Crippen LogP contribution in [0, 0.1) is 6.92 Å². The number of benzene rings is 2. The molecule has 4 N–H and O–H groups in total. The number of hydrogen-bond acceptors (Lipinski definition) is 6. The van der Waals surface area contributed by atoms with Gasteiger partial charge in [0.1, 0.15) is 13.2 Å². The predicted molar refractivity (Wildman–Crippen MR) is 247 cm³/mol. The highest BCUT2D eigenvalue weighted by Crippen LogP contribution is 2.40. The fourth-order valence-corrected chi connectivity index (χ4v) is 8.32. The van der Waals surface area contributed by atoms with Crippen molar-refractivity contribution in [2.45, 2.75) is 219 Å². The topological polar surface area (TPSA) is 101 Å². The third-order valence-electron chi connectivity index (χ3n) is 12.0. The molecule has 8 nitrogen and oxygen atoms in total. The van der Waals surface area contributed by atoms with E-state index in [9.17, 15) is 9.59 Å². The molecule has 0 saturated carbocycles. The summed E-state index contributed by atoms with van der Waals surface area (Å²) in [6.45, 7) is 7.75. The second-order valence-electron chi connectivity index (χ2n) is 17.4. The smallest absolute Gasteiger partial charge is 0.407 e. The van der Waals surface area contributed by atoms with Crippen LogP contribution in [0.5, 0.6) is 0 Å². The lowest BCUT2D eigenvalue weighted by Crippen LogP contribution is -2.57. The number of alkyl carbamates (subject to hydrolysis) is 2. The number of carbonyl (C=O) groups excluding carboxylic acids is 2. The summed E-state index contributed by atoms with van der Waals surface area (Å²) in [6.07, 6.45) is 38.4. The largest absolute Gasteiger partial charge is 0.445 e. The number of unbranched alkanes of at least 4 members (excludes halogenated alkanes) is 28. The number of ether oxygens (including phenoxy) is 2. The van der Waals surface area contributed by atoms with Crippen molar-refractivity contribution >= 4 is 34.3 Å². The van der Waals surface area contributed by atoms with E-state index in [1.54, 1.807) is 0 Å². The van der Waals surface area contributed by atoms with E-state index in [4.69, 9.17) is 9.47 Å². The lowest BCUT2D eigenvalue weighted by molar-refractivity contribution is 0.0871. The van der Waals surface area contributed by atoms with Crippen molar-refractivity contribution in [3.8, 4) is 0 Å². The standard InChI is InChI=1S/C50H86N4O4/c1-4-6-8-10-12-14-16-18-20-22-24-26-28-30-32-39-51-48(55)57-41-50(53-45-36-34-35-44-38-37-43(3)47(54-50)46(44)45)42-58-49(56)52-40-33-31-29-27-25-23-21-19-17-15-13-11-9-7-5-2/h34-38,53-54H,4-33,39-42H2,1-3H3,(H,51,55)(H,52,56). The van der Waals surface area contributed by atoms with Crippen molar-refractivity contribution in [3.63, 3.8) is 0 Å². The number of carbonyl (C=O) groups is 2. The molecule has 1 aliphatic heterocycles. The molecule has 1 aliphatic rings. The molecule has 0 spiro atoms. The maximum Gasteiger partial charge on any atom is 0.407 e. The zero-order chi connectivity index (χ0) is 41.4. The number of amides is 2. The van der Waals surface area contributed by atoms with Crippen molar-refractivity contribution in [1.82, 2.24) is 10.6 Å². The van der Waals surface area contributed by atoms with Gasteiger partial charge >= 0.3 is 12.2 Å². The number of rotatable bonds is 36. The van der Waals surface area contributed by atoms with Crippen molar-refractivity contribution in [2.24, 2.45) is 0 Å². The van der Waals surface area contributed by atoms with Gasteiger partial charge in [-0.15, -0.1) is 0 Å². The third-order valence-corrected chi connectivity index (χ3v) is 12.0. The van der Waals surface area contributed by atoms with E-state index in [1.807, 2.05) is 12.1 Å². The third kappa shape index (κ3) is 21.2. The van der Waals surface area contributed by atoms with Gasteiger partial charge in [-0.25, -0.2) is 9.59 Å². The van der Waals surface area contributed by atoms with Crippen LogP contribution in [-0.2, 0) is 9.47 Å². The Hall–Kier alpha value is -3.16. The Bertz CT molecular complexity index is 1310. The number of aryl methyl sites for hydroxylation is 1. The normalized spacial score (nSPS) is 12.9. The van der Waals surface area contributed by atoms with Crippen molar-refractivity contribution in [3.05, 3.63) is 35.9 Å². The zero-order valence-corrected chi connectivity index (χ0v) is 37.6. The van der Waals surface area contributed by atoms with Gasteiger partial charge in [0, 0.05) is 29.9 Å². The van der Waals surface area contributed by atoms with E-state index in [2.05, 4.69) is 60.2 Å². The summed E-state index contributed by atoms with van der Waals surface area (Å²) >= 11 is 0. The van der Waals surface area contributed by atoms with Crippen LogP contribution in [0.3, 0.4) is 0 Å². The Morgan fingerprint density at radius 2 is 0.879 bits per heavy atom. The maximum atomic E-state index is 12.9. The summed E-state index contributed by atoms with van der Waals surface area (Å²) in [7, 11) is 0. The second kappa shape index (κ2) is 31.7. The minimum atomic E-state index is -1.02. The first-order valence-corrected chi connectivity index (χ1v) is 24.4. The van der Waals surface area contributed by atoms with Crippen LogP contribution in [-0.4, -0.2) is 44.2 Å². The van der Waals surface area contributed by atoms with Gasteiger partial charge in [0.2, 0.25) is 0 Å². The van der Waals surface area contributed by atoms with E-state index in [0.717, 1.165) is 53.4 Å². The van der Waals surface area contributed by atoms with E-state index in [0.29, 0.717) is 13.1 Å². The van der Waals surface area contributed by atoms with Crippen LogP contribution in [0.25, 0.3) is 10.8 Å². The van der Waals surface area contributed by atoms with Crippen LogP contribution in [0.15, 0.2) is 30.3 Å². The molecule has 58 heavy (non-hydrogen) atoms. The number of hydrogen-bond donors (Lipinski definition) is 4. The second-order valence-corrected chi connectivity index (χ2v) is 17.4. The minimum Gasteiger partial charge on any atom is -0.445 e. The molecule has 1 heterocycles. The molecule has 0 aliphatic carbocycles. The molecule has 0 bridgehead atoms. The molecule has 330 valence electrons.